The average molecular weight is 429 g/mol. The first-order valence-corrected chi connectivity index (χ1v) is 13.3. The average Bonchev–Trinajstić information content (AvgIpc) is 3.05. The Balaban J connectivity index is 1.47. The third-order valence-electron chi connectivity index (χ3n) is 10.5. The number of rotatable bonds is 6. The first kappa shape index (κ1) is 23.2. The maximum absolute atomic E-state index is 11.1. The fraction of sp³-hybridized carbons (Fsp3) is 0.893. The fourth-order valence-electron chi connectivity index (χ4n) is 8.90. The molecular weight excluding hydrogens is 382 g/mol. The van der Waals surface area contributed by atoms with Gasteiger partial charge in [-0.3, -0.25) is 0 Å². The van der Waals surface area contributed by atoms with E-state index in [1.165, 1.54) is 56.9 Å². The number of amides is 1. The summed E-state index contributed by atoms with van der Waals surface area (Å²) in [7, 11) is 0. The first-order chi connectivity index (χ1) is 14.6. The largest absolute Gasteiger partial charge is 0.445 e. The van der Waals surface area contributed by atoms with E-state index in [2.05, 4.69) is 40.7 Å². The lowest BCUT2D eigenvalue weighted by Crippen LogP contribution is -2.51. The van der Waals surface area contributed by atoms with Crippen molar-refractivity contribution in [1.82, 2.24) is 5.73 Å². The number of allylic oxidation sites excluding steroid dienone is 1. The lowest BCUT2D eigenvalue weighted by atomic mass is 9.47. The third-order valence-corrected chi connectivity index (χ3v) is 10.5. The van der Waals surface area contributed by atoms with Crippen LogP contribution in [0, 0.1) is 46.3 Å². The number of fused-ring (bicyclic) bond motifs is 5. The molecule has 3 heteroatoms. The Morgan fingerprint density at radius 2 is 1.87 bits per heavy atom. The number of carbonyl (C=O) groups excluding carboxylic acids is 1. The number of hydrogen-bond acceptors (Lipinski definition) is 2. The molecule has 4 aliphatic carbocycles. The van der Waals surface area contributed by atoms with Gasteiger partial charge in [-0.2, -0.15) is 0 Å². The molecule has 0 aromatic heterocycles. The molecule has 0 spiro atoms. The Morgan fingerprint density at radius 3 is 2.58 bits per heavy atom. The Bertz CT molecular complexity index is 699. The van der Waals surface area contributed by atoms with E-state index in [-0.39, 0.29) is 11.5 Å². The first-order valence-electron chi connectivity index (χ1n) is 13.3. The van der Waals surface area contributed by atoms with Crippen molar-refractivity contribution in [3.63, 3.8) is 0 Å². The van der Waals surface area contributed by atoms with Crippen LogP contribution < -0.4 is 5.73 Å². The van der Waals surface area contributed by atoms with Crippen LogP contribution in [-0.4, -0.2) is 12.2 Å². The normalized spacial score (nSPS) is 42.9. The molecule has 0 aliphatic heterocycles. The summed E-state index contributed by atoms with van der Waals surface area (Å²) < 4.78 is 5.28. The monoisotopic (exact) mass is 428 g/mol. The second-order valence-corrected chi connectivity index (χ2v) is 12.6. The van der Waals surface area contributed by atoms with Crippen LogP contribution in [0.15, 0.2) is 11.6 Å². The zero-order valence-corrected chi connectivity index (χ0v) is 20.7. The highest BCUT2D eigenvalue weighted by Crippen LogP contribution is 2.67. The van der Waals surface area contributed by atoms with Gasteiger partial charge in [-0.05, 0) is 91.3 Å². The van der Waals surface area contributed by atoms with E-state index in [0.717, 1.165) is 54.8 Å². The summed E-state index contributed by atoms with van der Waals surface area (Å²) in [5, 5.41) is 0. The highest BCUT2D eigenvalue weighted by molar-refractivity contribution is 5.64. The molecule has 1 radical (unpaired) electrons. The van der Waals surface area contributed by atoms with E-state index in [9.17, 15) is 4.79 Å². The smallest absolute Gasteiger partial charge is 0.426 e. The van der Waals surface area contributed by atoms with E-state index in [0.29, 0.717) is 5.41 Å². The van der Waals surface area contributed by atoms with Gasteiger partial charge < -0.3 is 4.74 Å². The molecule has 8 atom stereocenters. The Morgan fingerprint density at radius 1 is 1.10 bits per heavy atom. The summed E-state index contributed by atoms with van der Waals surface area (Å²) in [5.74, 6) is 5.14. The van der Waals surface area contributed by atoms with E-state index in [1.807, 2.05) is 0 Å². The number of carbonyl (C=O) groups is 1. The Kier molecular flexibility index (Phi) is 6.54. The summed E-state index contributed by atoms with van der Waals surface area (Å²) in [6.45, 7) is 12.4. The molecule has 0 heterocycles. The van der Waals surface area contributed by atoms with Gasteiger partial charge in [-0.15, -0.1) is 0 Å². The topological polar surface area (TPSA) is 50.1 Å². The van der Waals surface area contributed by atoms with Crippen LogP contribution >= 0.6 is 0 Å². The molecule has 3 fully saturated rings. The lowest BCUT2D eigenvalue weighted by molar-refractivity contribution is -0.0579. The zero-order valence-electron chi connectivity index (χ0n) is 20.7. The van der Waals surface area contributed by atoms with Gasteiger partial charge in [-0.1, -0.05) is 65.5 Å². The molecule has 0 aromatic carbocycles. The van der Waals surface area contributed by atoms with Crippen molar-refractivity contribution < 1.29 is 9.53 Å². The standard InChI is InChI=1S/C28H46NO2/c1-18(2)7-6-8-19(3)23-11-12-24-22-10-9-20-17-21(31-26(29)30)13-15-27(20,4)25(22)14-16-28(23,24)5/h9,18-19,21-25,29H,6-8,10-17H2,1-5H3/t19-,21+,22+,23-,24+,25+,27+,28-/m1/s1. The second kappa shape index (κ2) is 8.75. The van der Waals surface area contributed by atoms with Gasteiger partial charge in [0, 0.05) is 6.42 Å². The van der Waals surface area contributed by atoms with Crippen molar-refractivity contribution in [2.45, 2.75) is 111 Å². The Hall–Kier alpha value is -0.990. The van der Waals surface area contributed by atoms with E-state index in [4.69, 9.17) is 10.5 Å². The van der Waals surface area contributed by atoms with E-state index < -0.39 is 6.09 Å². The van der Waals surface area contributed by atoms with Crippen molar-refractivity contribution in [2.75, 3.05) is 0 Å². The Labute approximate surface area is 190 Å². The number of nitrogens with one attached hydrogen (secondary N) is 1. The molecule has 0 aromatic rings. The predicted octanol–water partition coefficient (Wildman–Crippen LogP) is 7.82. The minimum atomic E-state index is -0.865. The molecular formula is C28H46NO2. The summed E-state index contributed by atoms with van der Waals surface area (Å²) in [5.41, 5.74) is 9.54. The van der Waals surface area contributed by atoms with Crippen LogP contribution in [0.3, 0.4) is 0 Å². The van der Waals surface area contributed by atoms with Crippen LogP contribution in [-0.2, 0) is 4.74 Å². The van der Waals surface area contributed by atoms with Crippen molar-refractivity contribution in [3.05, 3.63) is 11.6 Å². The second-order valence-electron chi connectivity index (χ2n) is 12.6. The van der Waals surface area contributed by atoms with E-state index >= 15 is 0 Å². The van der Waals surface area contributed by atoms with Gasteiger partial charge in [0.25, 0.3) is 0 Å². The molecule has 3 nitrogen and oxygen atoms in total. The zero-order chi connectivity index (χ0) is 22.4. The van der Waals surface area contributed by atoms with Gasteiger partial charge in [-0.25, -0.2) is 10.5 Å². The summed E-state index contributed by atoms with van der Waals surface area (Å²) in [6, 6.07) is 0. The summed E-state index contributed by atoms with van der Waals surface area (Å²) in [4.78, 5) is 11.1. The molecule has 0 saturated heterocycles. The third kappa shape index (κ3) is 4.20. The predicted molar refractivity (Wildman–Crippen MR) is 126 cm³/mol. The van der Waals surface area contributed by atoms with Gasteiger partial charge >= 0.3 is 6.09 Å². The number of ether oxygens (including phenoxy) is 1. The maximum Gasteiger partial charge on any atom is 0.426 e. The number of hydrogen-bond donors (Lipinski definition) is 0. The van der Waals surface area contributed by atoms with Crippen LogP contribution in [0.1, 0.15) is 105 Å². The van der Waals surface area contributed by atoms with Crippen LogP contribution in [0.4, 0.5) is 4.79 Å². The molecule has 0 unspecified atom stereocenters. The van der Waals surface area contributed by atoms with Crippen molar-refractivity contribution >= 4 is 6.09 Å². The van der Waals surface area contributed by atoms with Gasteiger partial charge in [0.2, 0.25) is 0 Å². The van der Waals surface area contributed by atoms with Crippen molar-refractivity contribution in [1.29, 1.82) is 0 Å². The van der Waals surface area contributed by atoms with Crippen molar-refractivity contribution in [2.24, 2.45) is 46.3 Å². The molecule has 4 aliphatic rings. The van der Waals surface area contributed by atoms with Crippen LogP contribution in [0.5, 0.6) is 0 Å². The summed E-state index contributed by atoms with van der Waals surface area (Å²) >= 11 is 0. The van der Waals surface area contributed by atoms with Gasteiger partial charge in [0.1, 0.15) is 6.10 Å². The minimum Gasteiger partial charge on any atom is -0.445 e. The molecule has 1 amide bonds. The van der Waals surface area contributed by atoms with Crippen LogP contribution in [0.25, 0.3) is 0 Å². The highest BCUT2D eigenvalue weighted by atomic mass is 16.6. The molecule has 1 N–H and O–H groups in total. The fourth-order valence-corrected chi connectivity index (χ4v) is 8.90. The molecule has 31 heavy (non-hydrogen) atoms. The summed E-state index contributed by atoms with van der Waals surface area (Å²) in [6.07, 6.45) is 15.6. The highest BCUT2D eigenvalue weighted by Gasteiger charge is 2.59. The molecule has 0 bridgehead atoms. The molecule has 4 rings (SSSR count). The quantitative estimate of drug-likeness (QED) is 0.405. The maximum atomic E-state index is 11.1. The minimum absolute atomic E-state index is 0.0720. The van der Waals surface area contributed by atoms with Gasteiger partial charge in [0.05, 0.1) is 0 Å². The SMILES string of the molecule is CC(C)CCC[C@@H](C)[C@H]1CC[C@H]2[C@@H]3CC=C4C[C@@H](OC([NH])=O)CC[C@]4(C)[C@H]3CC[C@]12C. The lowest BCUT2D eigenvalue weighted by Gasteiger charge is -2.58. The van der Waals surface area contributed by atoms with E-state index in [1.54, 1.807) is 0 Å². The molecule has 3 saturated carbocycles. The molecule has 175 valence electrons. The van der Waals surface area contributed by atoms with Crippen LogP contribution in [0.2, 0.25) is 0 Å². The van der Waals surface area contributed by atoms with Crippen molar-refractivity contribution in [3.8, 4) is 0 Å². The van der Waals surface area contributed by atoms with Gasteiger partial charge in [0.15, 0.2) is 0 Å².